The minimum absolute atomic E-state index is 0.343. The van der Waals surface area contributed by atoms with Crippen LogP contribution in [0.2, 0.25) is 0 Å². The van der Waals surface area contributed by atoms with E-state index in [1.54, 1.807) is 0 Å². The van der Waals surface area contributed by atoms with Crippen molar-refractivity contribution in [1.82, 2.24) is 20.0 Å². The summed E-state index contributed by atoms with van der Waals surface area (Å²) >= 11 is 0. The Morgan fingerprint density at radius 3 is 1.27 bits per heavy atom. The molecule has 238 valence electrons. The lowest BCUT2D eigenvalue weighted by Gasteiger charge is -2.32. The van der Waals surface area contributed by atoms with Gasteiger partial charge in [0.25, 0.3) is 0 Å². The van der Waals surface area contributed by atoms with Gasteiger partial charge >= 0.3 is 0 Å². The fourth-order valence-electron chi connectivity index (χ4n) is 5.97. The molecule has 1 heterocycles. The Morgan fingerprint density at radius 1 is 0.500 bits per heavy atom. The second-order valence-corrected chi connectivity index (χ2v) is 12.6. The van der Waals surface area contributed by atoms with Crippen LogP contribution in [0.1, 0.15) is 156 Å². The van der Waals surface area contributed by atoms with Crippen molar-refractivity contribution in [2.45, 2.75) is 156 Å². The zero-order chi connectivity index (χ0) is 28.9. The molecule has 0 unspecified atom stereocenters. The Kier molecular flexibility index (Phi) is 26.6. The third kappa shape index (κ3) is 22.0. The van der Waals surface area contributed by atoms with Gasteiger partial charge in [-0.05, 0) is 38.9 Å². The summed E-state index contributed by atoms with van der Waals surface area (Å²) in [5, 5.41) is 3.39. The summed E-state index contributed by atoms with van der Waals surface area (Å²) in [5.41, 5.74) is 0. The molecule has 0 spiro atoms. The van der Waals surface area contributed by atoms with Crippen LogP contribution in [0, 0.1) is 0 Å². The summed E-state index contributed by atoms with van der Waals surface area (Å²) in [4.78, 5) is 20.5. The van der Waals surface area contributed by atoms with E-state index in [-0.39, 0.29) is 0 Å². The van der Waals surface area contributed by atoms with Crippen LogP contribution in [0.15, 0.2) is 0 Å². The van der Waals surface area contributed by atoms with E-state index < -0.39 is 0 Å². The molecule has 0 aliphatic carbocycles. The average Bonchev–Trinajstić information content (AvgIpc) is 2.98. The number of nitrogens with zero attached hydrogens (tertiary/aromatic N) is 3. The molecule has 1 fully saturated rings. The molecule has 40 heavy (non-hydrogen) atoms. The SMILES string of the molecule is CCCCCCCCCN(CCCCCCCCC)CCN(CCCCCCCCC)CC(=O)N1CCNCC1. The zero-order valence-corrected chi connectivity index (χ0v) is 27.7. The number of amides is 1. The monoisotopic (exact) mass is 565 g/mol. The quantitative estimate of drug-likeness (QED) is 0.0928. The Balaban J connectivity index is 2.54. The van der Waals surface area contributed by atoms with Gasteiger partial charge in [-0.3, -0.25) is 9.69 Å². The van der Waals surface area contributed by atoms with E-state index in [0.717, 1.165) is 45.8 Å². The maximum absolute atomic E-state index is 13.1. The largest absolute Gasteiger partial charge is 0.339 e. The van der Waals surface area contributed by atoms with Crippen LogP contribution in [0.25, 0.3) is 0 Å². The van der Waals surface area contributed by atoms with Gasteiger partial charge < -0.3 is 15.1 Å². The van der Waals surface area contributed by atoms with Crippen LogP contribution in [0.4, 0.5) is 0 Å². The second kappa shape index (κ2) is 28.5. The maximum atomic E-state index is 13.1. The van der Waals surface area contributed by atoms with Crippen molar-refractivity contribution in [3.8, 4) is 0 Å². The van der Waals surface area contributed by atoms with Crippen LogP contribution in [0.5, 0.6) is 0 Å². The summed E-state index contributed by atoms with van der Waals surface area (Å²) in [7, 11) is 0. The van der Waals surface area contributed by atoms with Crippen molar-refractivity contribution < 1.29 is 4.79 Å². The summed E-state index contributed by atoms with van der Waals surface area (Å²) in [6.07, 6.45) is 28.6. The number of piperazine rings is 1. The average molecular weight is 565 g/mol. The smallest absolute Gasteiger partial charge is 0.236 e. The number of carbonyl (C=O) groups excluding carboxylic acids is 1. The van der Waals surface area contributed by atoms with Gasteiger partial charge in [-0.2, -0.15) is 0 Å². The molecular weight excluding hydrogens is 492 g/mol. The van der Waals surface area contributed by atoms with Crippen LogP contribution in [-0.2, 0) is 4.79 Å². The molecule has 0 bridgehead atoms. The molecule has 1 aliphatic heterocycles. The third-order valence-electron chi connectivity index (χ3n) is 8.79. The van der Waals surface area contributed by atoms with E-state index in [4.69, 9.17) is 0 Å². The zero-order valence-electron chi connectivity index (χ0n) is 27.7. The third-order valence-corrected chi connectivity index (χ3v) is 8.79. The van der Waals surface area contributed by atoms with Crippen molar-refractivity contribution in [3.63, 3.8) is 0 Å². The highest BCUT2D eigenvalue weighted by Gasteiger charge is 2.19. The van der Waals surface area contributed by atoms with Crippen LogP contribution < -0.4 is 5.32 Å². The van der Waals surface area contributed by atoms with Gasteiger partial charge in [-0.1, -0.05) is 136 Å². The summed E-state index contributed by atoms with van der Waals surface area (Å²) < 4.78 is 0. The number of hydrogen-bond acceptors (Lipinski definition) is 4. The molecule has 1 saturated heterocycles. The normalized spacial score (nSPS) is 14.1. The lowest BCUT2D eigenvalue weighted by atomic mass is 10.1. The predicted molar refractivity (Wildman–Crippen MR) is 176 cm³/mol. The fraction of sp³-hybridized carbons (Fsp3) is 0.971. The Labute approximate surface area is 251 Å². The maximum Gasteiger partial charge on any atom is 0.236 e. The molecule has 0 aromatic heterocycles. The molecule has 1 aliphatic rings. The van der Waals surface area contributed by atoms with Gasteiger partial charge in [0.15, 0.2) is 0 Å². The number of carbonyl (C=O) groups is 1. The molecule has 0 atom stereocenters. The first-order valence-electron chi connectivity index (χ1n) is 18.1. The first-order chi connectivity index (χ1) is 19.7. The number of unbranched alkanes of at least 4 members (excludes halogenated alkanes) is 18. The molecule has 0 saturated carbocycles. The van der Waals surface area contributed by atoms with Crippen molar-refractivity contribution in [3.05, 3.63) is 0 Å². The number of rotatable bonds is 29. The number of nitrogens with one attached hydrogen (secondary N) is 1. The van der Waals surface area contributed by atoms with Crippen molar-refractivity contribution >= 4 is 5.91 Å². The van der Waals surface area contributed by atoms with Crippen molar-refractivity contribution in [1.29, 1.82) is 0 Å². The van der Waals surface area contributed by atoms with Crippen LogP contribution >= 0.6 is 0 Å². The highest BCUT2D eigenvalue weighted by atomic mass is 16.2. The van der Waals surface area contributed by atoms with Crippen molar-refractivity contribution in [2.24, 2.45) is 0 Å². The molecule has 1 rings (SSSR count). The fourth-order valence-corrected chi connectivity index (χ4v) is 5.97. The summed E-state index contributed by atoms with van der Waals surface area (Å²) in [6, 6.07) is 0. The summed E-state index contributed by atoms with van der Waals surface area (Å²) in [5.74, 6) is 0.343. The highest BCUT2D eigenvalue weighted by Crippen LogP contribution is 2.12. The molecule has 5 nitrogen and oxygen atoms in total. The number of hydrogen-bond donors (Lipinski definition) is 1. The van der Waals surface area contributed by atoms with E-state index in [1.165, 1.54) is 148 Å². The van der Waals surface area contributed by atoms with E-state index in [0.29, 0.717) is 12.5 Å². The predicted octanol–water partition coefficient (Wildman–Crippen LogP) is 8.27. The van der Waals surface area contributed by atoms with E-state index in [1.807, 2.05) is 0 Å². The molecule has 1 N–H and O–H groups in total. The Bertz CT molecular complexity index is 519. The minimum Gasteiger partial charge on any atom is -0.339 e. The lowest BCUT2D eigenvalue weighted by Crippen LogP contribution is -2.50. The van der Waals surface area contributed by atoms with Gasteiger partial charge in [0.2, 0.25) is 5.91 Å². The molecule has 0 radical (unpaired) electrons. The van der Waals surface area contributed by atoms with Gasteiger partial charge in [0.1, 0.15) is 0 Å². The molecule has 1 amide bonds. The van der Waals surface area contributed by atoms with Crippen LogP contribution in [0.3, 0.4) is 0 Å². The first-order valence-corrected chi connectivity index (χ1v) is 18.1. The van der Waals surface area contributed by atoms with Gasteiger partial charge in [-0.15, -0.1) is 0 Å². The van der Waals surface area contributed by atoms with E-state index >= 15 is 0 Å². The first kappa shape index (κ1) is 37.4. The van der Waals surface area contributed by atoms with E-state index in [9.17, 15) is 4.79 Å². The van der Waals surface area contributed by atoms with Gasteiger partial charge in [0, 0.05) is 39.3 Å². The highest BCUT2D eigenvalue weighted by molar-refractivity contribution is 5.78. The second-order valence-electron chi connectivity index (χ2n) is 12.6. The van der Waals surface area contributed by atoms with Gasteiger partial charge in [0.05, 0.1) is 6.54 Å². The summed E-state index contributed by atoms with van der Waals surface area (Å²) in [6.45, 7) is 16.8. The lowest BCUT2D eigenvalue weighted by molar-refractivity contribution is -0.133. The van der Waals surface area contributed by atoms with Gasteiger partial charge in [-0.25, -0.2) is 0 Å². The molecule has 0 aromatic carbocycles. The Hall–Kier alpha value is -0.650. The van der Waals surface area contributed by atoms with Crippen molar-refractivity contribution in [2.75, 3.05) is 65.4 Å². The topological polar surface area (TPSA) is 38.8 Å². The van der Waals surface area contributed by atoms with E-state index in [2.05, 4.69) is 40.8 Å². The molecule has 5 heteroatoms. The molecular formula is C35H72N4O. The molecule has 0 aromatic rings. The minimum atomic E-state index is 0.343. The Morgan fingerprint density at radius 2 is 0.850 bits per heavy atom. The standard InChI is InChI=1S/C35H72N4O/c1-4-7-10-13-16-19-22-27-37(28-23-20-17-14-11-8-5-2)32-33-38(29-24-21-18-15-12-9-6-3)34-35(40)39-30-25-36-26-31-39/h36H,4-34H2,1-3H3. The van der Waals surface area contributed by atoms with Crippen LogP contribution in [-0.4, -0.2) is 86.1 Å².